The molecule has 2 aromatic heterocycles. The van der Waals surface area contributed by atoms with Crippen LogP contribution in [0.2, 0.25) is 0 Å². The first-order valence-electron chi connectivity index (χ1n) is 9.16. The van der Waals surface area contributed by atoms with E-state index >= 15 is 0 Å². The van der Waals surface area contributed by atoms with E-state index in [2.05, 4.69) is 27.3 Å². The monoisotopic (exact) mass is 342 g/mol. The maximum atomic E-state index is 4.85. The molecule has 3 heterocycles. The second-order valence-corrected chi connectivity index (χ2v) is 7.96. The minimum atomic E-state index is 0.935. The third kappa shape index (κ3) is 3.47. The third-order valence-corrected chi connectivity index (χ3v) is 5.98. The molecule has 4 nitrogen and oxygen atoms in total. The zero-order valence-corrected chi connectivity index (χ0v) is 15.3. The molecule has 1 fully saturated rings. The number of hydrogen-bond donors (Lipinski definition) is 0. The van der Waals surface area contributed by atoms with E-state index in [-0.39, 0.29) is 0 Å². The quantitative estimate of drug-likeness (QED) is 0.855. The predicted molar refractivity (Wildman–Crippen MR) is 99.8 cm³/mol. The third-order valence-electron chi connectivity index (χ3n) is 5.12. The number of rotatable bonds is 3. The Balaban J connectivity index is 1.50. The minimum absolute atomic E-state index is 0.935. The largest absolute Gasteiger partial charge is 0.355 e. The Hall–Kier alpha value is -1.46. The summed E-state index contributed by atoms with van der Waals surface area (Å²) in [4.78, 5) is 16.1. The molecular weight excluding hydrogens is 316 g/mol. The fraction of sp³-hybridized carbons (Fsp3) is 0.579. The van der Waals surface area contributed by atoms with Crippen LogP contribution in [-0.2, 0) is 19.4 Å². The molecule has 0 aromatic carbocycles. The highest BCUT2D eigenvalue weighted by Gasteiger charge is 2.23. The molecule has 0 unspecified atom stereocenters. The van der Waals surface area contributed by atoms with Crippen LogP contribution in [0.4, 0.5) is 5.82 Å². The standard InChI is InChI=1S/C19H26N4S/c1-15-20-18-8-3-2-7-17(18)19(21-15)23-10-5-9-22(11-12-23)14-16-6-4-13-24-16/h4,6,13H,2-3,5,7-12,14H2,1H3. The van der Waals surface area contributed by atoms with Crippen LogP contribution in [0.3, 0.4) is 0 Å². The van der Waals surface area contributed by atoms with Crippen LogP contribution in [0.5, 0.6) is 0 Å². The van der Waals surface area contributed by atoms with E-state index in [0.29, 0.717) is 0 Å². The average molecular weight is 343 g/mol. The van der Waals surface area contributed by atoms with Gasteiger partial charge in [-0.1, -0.05) is 6.07 Å². The van der Waals surface area contributed by atoms with Crippen LogP contribution in [0.1, 0.15) is 41.2 Å². The first-order valence-corrected chi connectivity index (χ1v) is 10.0. The van der Waals surface area contributed by atoms with Gasteiger partial charge in [-0.2, -0.15) is 0 Å². The van der Waals surface area contributed by atoms with Crippen LogP contribution in [-0.4, -0.2) is 41.0 Å². The molecule has 0 saturated carbocycles. The molecule has 0 N–H and O–H groups in total. The fourth-order valence-electron chi connectivity index (χ4n) is 3.92. The molecule has 0 bridgehead atoms. The molecule has 0 atom stereocenters. The van der Waals surface area contributed by atoms with Crippen LogP contribution in [0.15, 0.2) is 17.5 Å². The molecule has 0 radical (unpaired) electrons. The maximum Gasteiger partial charge on any atom is 0.135 e. The SMILES string of the molecule is Cc1nc2c(c(N3CCCN(Cc4cccs4)CC3)n1)CCCC2. The van der Waals surface area contributed by atoms with Gasteiger partial charge >= 0.3 is 0 Å². The number of nitrogens with zero attached hydrogens (tertiary/aromatic N) is 4. The minimum Gasteiger partial charge on any atom is -0.355 e. The lowest BCUT2D eigenvalue weighted by atomic mass is 9.96. The van der Waals surface area contributed by atoms with Crippen molar-refractivity contribution in [3.8, 4) is 0 Å². The highest BCUT2D eigenvalue weighted by atomic mass is 32.1. The van der Waals surface area contributed by atoms with Crippen molar-refractivity contribution in [1.82, 2.24) is 14.9 Å². The number of aryl methyl sites for hydroxylation is 2. The van der Waals surface area contributed by atoms with Crippen LogP contribution in [0.25, 0.3) is 0 Å². The summed E-state index contributed by atoms with van der Waals surface area (Å²) in [6.45, 7) is 7.63. The first-order chi connectivity index (χ1) is 11.8. The van der Waals surface area contributed by atoms with Gasteiger partial charge in [0.05, 0.1) is 0 Å². The summed E-state index contributed by atoms with van der Waals surface area (Å²) >= 11 is 1.87. The Kier molecular flexibility index (Phi) is 4.81. The van der Waals surface area contributed by atoms with Crippen molar-refractivity contribution in [2.45, 2.75) is 45.6 Å². The van der Waals surface area contributed by atoms with Crippen molar-refractivity contribution < 1.29 is 0 Å². The highest BCUT2D eigenvalue weighted by molar-refractivity contribution is 7.09. The van der Waals surface area contributed by atoms with Crippen molar-refractivity contribution in [3.63, 3.8) is 0 Å². The normalized spacial score (nSPS) is 19.1. The summed E-state index contributed by atoms with van der Waals surface area (Å²) in [5.41, 5.74) is 2.74. The van der Waals surface area contributed by atoms with E-state index in [1.807, 2.05) is 18.3 Å². The van der Waals surface area contributed by atoms with E-state index < -0.39 is 0 Å². The van der Waals surface area contributed by atoms with Crippen LogP contribution in [0, 0.1) is 6.92 Å². The van der Waals surface area contributed by atoms with Gasteiger partial charge in [0, 0.05) is 48.9 Å². The van der Waals surface area contributed by atoms with E-state index in [1.54, 1.807) is 0 Å². The van der Waals surface area contributed by atoms with E-state index in [0.717, 1.165) is 44.8 Å². The summed E-state index contributed by atoms with van der Waals surface area (Å²) in [6.07, 6.45) is 6.05. The van der Waals surface area contributed by atoms with Crippen molar-refractivity contribution in [2.75, 3.05) is 31.1 Å². The summed E-state index contributed by atoms with van der Waals surface area (Å²) in [5.74, 6) is 2.17. The summed E-state index contributed by atoms with van der Waals surface area (Å²) < 4.78 is 0. The molecule has 24 heavy (non-hydrogen) atoms. The lowest BCUT2D eigenvalue weighted by Gasteiger charge is -2.27. The van der Waals surface area contributed by atoms with Gasteiger partial charge in [0.25, 0.3) is 0 Å². The van der Waals surface area contributed by atoms with Gasteiger partial charge < -0.3 is 4.90 Å². The Bertz CT molecular complexity index is 683. The lowest BCUT2D eigenvalue weighted by molar-refractivity contribution is 0.288. The zero-order valence-electron chi connectivity index (χ0n) is 14.5. The van der Waals surface area contributed by atoms with E-state index in [4.69, 9.17) is 9.97 Å². The van der Waals surface area contributed by atoms with Crippen molar-refractivity contribution in [1.29, 1.82) is 0 Å². The Morgan fingerprint density at radius 3 is 2.83 bits per heavy atom. The summed E-state index contributed by atoms with van der Waals surface area (Å²) in [5, 5.41) is 2.18. The van der Waals surface area contributed by atoms with Crippen LogP contribution >= 0.6 is 11.3 Å². The van der Waals surface area contributed by atoms with Crippen molar-refractivity contribution >= 4 is 17.2 Å². The van der Waals surface area contributed by atoms with E-state index in [1.165, 1.54) is 47.8 Å². The molecule has 0 spiro atoms. The maximum absolute atomic E-state index is 4.85. The first kappa shape index (κ1) is 16.0. The van der Waals surface area contributed by atoms with Gasteiger partial charge in [0.15, 0.2) is 0 Å². The summed E-state index contributed by atoms with van der Waals surface area (Å²) in [7, 11) is 0. The van der Waals surface area contributed by atoms with Gasteiger partial charge in [-0.05, 0) is 50.5 Å². The number of thiophene rings is 1. The van der Waals surface area contributed by atoms with Gasteiger partial charge in [0.1, 0.15) is 11.6 Å². The van der Waals surface area contributed by atoms with Gasteiger partial charge in [-0.15, -0.1) is 11.3 Å². The molecule has 2 aromatic rings. The van der Waals surface area contributed by atoms with Gasteiger partial charge in [-0.25, -0.2) is 9.97 Å². The molecule has 1 aliphatic heterocycles. The Labute approximate surface area is 148 Å². The van der Waals surface area contributed by atoms with Crippen LogP contribution < -0.4 is 4.90 Å². The zero-order chi connectivity index (χ0) is 16.4. The Morgan fingerprint density at radius 1 is 1.04 bits per heavy atom. The number of hydrogen-bond acceptors (Lipinski definition) is 5. The number of aromatic nitrogens is 2. The molecule has 1 saturated heterocycles. The van der Waals surface area contributed by atoms with Crippen molar-refractivity contribution in [3.05, 3.63) is 39.5 Å². The summed E-state index contributed by atoms with van der Waals surface area (Å²) in [6, 6.07) is 4.40. The molecule has 2 aliphatic rings. The second kappa shape index (κ2) is 7.19. The topological polar surface area (TPSA) is 32.3 Å². The highest BCUT2D eigenvalue weighted by Crippen LogP contribution is 2.28. The second-order valence-electron chi connectivity index (χ2n) is 6.92. The van der Waals surface area contributed by atoms with Crippen molar-refractivity contribution in [2.24, 2.45) is 0 Å². The average Bonchev–Trinajstić information content (AvgIpc) is 2.99. The van der Waals surface area contributed by atoms with E-state index in [9.17, 15) is 0 Å². The molecule has 0 amide bonds. The van der Waals surface area contributed by atoms with Gasteiger partial charge in [-0.3, -0.25) is 4.90 Å². The Morgan fingerprint density at radius 2 is 1.96 bits per heavy atom. The molecule has 5 heteroatoms. The van der Waals surface area contributed by atoms with Gasteiger partial charge in [0.2, 0.25) is 0 Å². The predicted octanol–water partition coefficient (Wildman–Crippen LogP) is 3.44. The molecule has 128 valence electrons. The lowest BCUT2D eigenvalue weighted by Crippen LogP contribution is -2.32. The molecular formula is C19H26N4S. The smallest absolute Gasteiger partial charge is 0.135 e. The molecule has 4 rings (SSSR count). The number of fused-ring (bicyclic) bond motifs is 1. The fourth-order valence-corrected chi connectivity index (χ4v) is 4.67. The number of anilines is 1. The molecule has 1 aliphatic carbocycles.